The summed E-state index contributed by atoms with van der Waals surface area (Å²) in [6.07, 6.45) is 9.70. The lowest BCUT2D eigenvalue weighted by atomic mass is 9.80. The fourth-order valence-electron chi connectivity index (χ4n) is 3.55. The molecule has 0 bridgehead atoms. The Bertz CT molecular complexity index is 237. The molecule has 2 rings (SSSR count). The fraction of sp³-hybridized carbons (Fsp3) is 1.00. The van der Waals surface area contributed by atoms with E-state index in [0.29, 0.717) is 5.41 Å². The lowest BCUT2D eigenvalue weighted by Gasteiger charge is -2.40. The third-order valence-electron chi connectivity index (χ3n) is 4.83. The second-order valence-corrected chi connectivity index (χ2v) is 7.66. The van der Waals surface area contributed by atoms with E-state index in [2.05, 4.69) is 23.6 Å². The third-order valence-corrected chi connectivity index (χ3v) is 6.21. The van der Waals surface area contributed by atoms with Crippen molar-refractivity contribution in [3.63, 3.8) is 0 Å². The summed E-state index contributed by atoms with van der Waals surface area (Å²) >= 11 is 2.17. The van der Waals surface area contributed by atoms with E-state index in [0.717, 1.165) is 11.8 Å². The van der Waals surface area contributed by atoms with Gasteiger partial charge < -0.3 is 10.6 Å². The highest BCUT2D eigenvalue weighted by atomic mass is 32.2. The molecule has 3 heteroatoms. The van der Waals surface area contributed by atoms with E-state index in [-0.39, 0.29) is 0 Å². The molecule has 2 nitrogen and oxygen atoms in total. The molecule has 1 unspecified atom stereocenters. The molecular weight excluding hydrogens is 240 g/mol. The Hall–Kier alpha value is 0.270. The highest BCUT2D eigenvalue weighted by molar-refractivity contribution is 8.00. The van der Waals surface area contributed by atoms with Crippen molar-refractivity contribution in [3.05, 3.63) is 0 Å². The minimum Gasteiger partial charge on any atom is -0.330 e. The highest BCUT2D eigenvalue weighted by Crippen LogP contribution is 2.36. The summed E-state index contributed by atoms with van der Waals surface area (Å²) in [5, 5.41) is 0.861. The number of nitrogens with zero attached hydrogens (tertiary/aromatic N) is 1. The standard InChI is InChI=1S/C15H30N2S/c1-2-14-11-17(9-10-18-14)13-15(12-16)7-5-3-4-6-8-15/h14H,2-13,16H2,1H3. The van der Waals surface area contributed by atoms with Crippen LogP contribution in [0.15, 0.2) is 0 Å². The van der Waals surface area contributed by atoms with Crippen LogP contribution in [0.5, 0.6) is 0 Å². The lowest BCUT2D eigenvalue weighted by Crippen LogP contribution is -2.47. The van der Waals surface area contributed by atoms with Crippen molar-refractivity contribution in [2.45, 2.75) is 57.1 Å². The summed E-state index contributed by atoms with van der Waals surface area (Å²) in [6, 6.07) is 0. The summed E-state index contributed by atoms with van der Waals surface area (Å²) in [5.74, 6) is 1.32. The van der Waals surface area contributed by atoms with Crippen LogP contribution >= 0.6 is 11.8 Å². The van der Waals surface area contributed by atoms with E-state index in [4.69, 9.17) is 5.73 Å². The Labute approximate surface area is 117 Å². The van der Waals surface area contributed by atoms with Crippen molar-refractivity contribution in [1.29, 1.82) is 0 Å². The van der Waals surface area contributed by atoms with E-state index in [1.165, 1.54) is 70.3 Å². The molecule has 2 aliphatic rings. The SMILES string of the molecule is CCC1CN(CC2(CN)CCCCCC2)CCS1. The van der Waals surface area contributed by atoms with Crippen molar-refractivity contribution < 1.29 is 0 Å². The molecule has 2 fully saturated rings. The number of hydrogen-bond acceptors (Lipinski definition) is 3. The molecule has 0 aromatic carbocycles. The third kappa shape index (κ3) is 3.88. The van der Waals surface area contributed by atoms with Crippen molar-refractivity contribution in [2.75, 3.05) is 31.9 Å². The second-order valence-electron chi connectivity index (χ2n) is 6.25. The average molecular weight is 270 g/mol. The van der Waals surface area contributed by atoms with Crippen LogP contribution in [0, 0.1) is 5.41 Å². The van der Waals surface area contributed by atoms with Crippen LogP contribution in [0.3, 0.4) is 0 Å². The zero-order chi connectivity index (χ0) is 12.8. The van der Waals surface area contributed by atoms with Crippen molar-refractivity contribution >= 4 is 11.8 Å². The van der Waals surface area contributed by atoms with Crippen molar-refractivity contribution in [2.24, 2.45) is 11.1 Å². The van der Waals surface area contributed by atoms with Gasteiger partial charge in [-0.25, -0.2) is 0 Å². The zero-order valence-corrected chi connectivity index (χ0v) is 12.8. The Kier molecular flexibility index (Phi) is 5.84. The molecule has 1 saturated heterocycles. The molecule has 0 amide bonds. The molecule has 1 aliphatic heterocycles. The van der Waals surface area contributed by atoms with E-state index in [1.807, 2.05) is 0 Å². The molecule has 106 valence electrons. The zero-order valence-electron chi connectivity index (χ0n) is 12.0. The Morgan fingerprint density at radius 3 is 2.56 bits per heavy atom. The van der Waals surface area contributed by atoms with Gasteiger partial charge in [0.1, 0.15) is 0 Å². The van der Waals surface area contributed by atoms with Gasteiger partial charge in [-0.05, 0) is 31.2 Å². The maximum atomic E-state index is 6.16. The molecule has 1 saturated carbocycles. The number of hydrogen-bond donors (Lipinski definition) is 1. The van der Waals surface area contributed by atoms with E-state index in [9.17, 15) is 0 Å². The van der Waals surface area contributed by atoms with Gasteiger partial charge in [0.2, 0.25) is 0 Å². The molecule has 0 spiro atoms. The van der Waals surface area contributed by atoms with Crippen LogP contribution in [0.25, 0.3) is 0 Å². The maximum Gasteiger partial charge on any atom is 0.0172 e. The van der Waals surface area contributed by atoms with Gasteiger partial charge in [-0.15, -0.1) is 0 Å². The Balaban J connectivity index is 1.91. The van der Waals surface area contributed by atoms with Crippen LogP contribution in [-0.2, 0) is 0 Å². The first-order valence-electron chi connectivity index (χ1n) is 7.82. The summed E-state index contributed by atoms with van der Waals surface area (Å²) in [6.45, 7) is 7.06. The van der Waals surface area contributed by atoms with Gasteiger partial charge in [-0.1, -0.05) is 32.6 Å². The molecule has 0 radical (unpaired) electrons. The molecule has 1 aliphatic carbocycles. The minimum absolute atomic E-state index is 0.441. The maximum absolute atomic E-state index is 6.16. The molecule has 1 atom stereocenters. The smallest absolute Gasteiger partial charge is 0.0172 e. The first-order valence-corrected chi connectivity index (χ1v) is 8.87. The lowest BCUT2D eigenvalue weighted by molar-refractivity contribution is 0.138. The summed E-state index contributed by atoms with van der Waals surface area (Å²) in [5.41, 5.74) is 6.60. The van der Waals surface area contributed by atoms with E-state index < -0.39 is 0 Å². The van der Waals surface area contributed by atoms with Gasteiger partial charge in [0.05, 0.1) is 0 Å². The molecule has 0 aromatic heterocycles. The summed E-state index contributed by atoms with van der Waals surface area (Å²) in [4.78, 5) is 2.71. The quantitative estimate of drug-likeness (QED) is 0.796. The number of nitrogens with two attached hydrogens (primary N) is 1. The van der Waals surface area contributed by atoms with Crippen molar-refractivity contribution in [1.82, 2.24) is 4.90 Å². The number of thioether (sulfide) groups is 1. The Morgan fingerprint density at radius 1 is 1.22 bits per heavy atom. The molecule has 2 N–H and O–H groups in total. The van der Waals surface area contributed by atoms with Crippen LogP contribution < -0.4 is 5.73 Å². The topological polar surface area (TPSA) is 29.3 Å². The van der Waals surface area contributed by atoms with Gasteiger partial charge in [-0.2, -0.15) is 11.8 Å². The van der Waals surface area contributed by atoms with Gasteiger partial charge in [-0.3, -0.25) is 0 Å². The van der Waals surface area contributed by atoms with E-state index >= 15 is 0 Å². The Morgan fingerprint density at radius 2 is 1.94 bits per heavy atom. The largest absolute Gasteiger partial charge is 0.330 e. The highest BCUT2D eigenvalue weighted by Gasteiger charge is 2.33. The first kappa shape index (κ1) is 14.7. The van der Waals surface area contributed by atoms with E-state index in [1.54, 1.807) is 0 Å². The van der Waals surface area contributed by atoms with Gasteiger partial charge >= 0.3 is 0 Å². The molecular formula is C15H30N2S. The van der Waals surface area contributed by atoms with Crippen LogP contribution in [0.4, 0.5) is 0 Å². The van der Waals surface area contributed by atoms with Crippen molar-refractivity contribution in [3.8, 4) is 0 Å². The average Bonchev–Trinajstić information content (AvgIpc) is 2.65. The normalized spacial score (nSPS) is 30.0. The summed E-state index contributed by atoms with van der Waals surface area (Å²) in [7, 11) is 0. The summed E-state index contributed by atoms with van der Waals surface area (Å²) < 4.78 is 0. The predicted molar refractivity (Wildman–Crippen MR) is 82.2 cm³/mol. The monoisotopic (exact) mass is 270 g/mol. The molecule has 0 aromatic rings. The van der Waals surface area contributed by atoms with Gasteiger partial charge in [0, 0.05) is 30.6 Å². The van der Waals surface area contributed by atoms with Crippen LogP contribution in [0.2, 0.25) is 0 Å². The second kappa shape index (κ2) is 7.16. The van der Waals surface area contributed by atoms with Gasteiger partial charge in [0.15, 0.2) is 0 Å². The fourth-order valence-corrected chi connectivity index (χ4v) is 4.80. The van der Waals surface area contributed by atoms with Crippen LogP contribution in [0.1, 0.15) is 51.9 Å². The van der Waals surface area contributed by atoms with Crippen LogP contribution in [-0.4, -0.2) is 42.1 Å². The first-order chi connectivity index (χ1) is 8.78. The van der Waals surface area contributed by atoms with Gasteiger partial charge in [0.25, 0.3) is 0 Å². The predicted octanol–water partition coefficient (Wildman–Crippen LogP) is 3.11. The number of rotatable bonds is 4. The molecule has 1 heterocycles. The molecule has 18 heavy (non-hydrogen) atoms. The minimum atomic E-state index is 0.441.